The molecule has 2 aliphatic rings. The van der Waals surface area contributed by atoms with Gasteiger partial charge >= 0.3 is 0 Å². The number of rotatable bonds is 2. The van der Waals surface area contributed by atoms with E-state index in [1.54, 1.807) is 0 Å². The van der Waals surface area contributed by atoms with Gasteiger partial charge in [-0.2, -0.15) is 0 Å². The second-order valence-electron chi connectivity index (χ2n) is 5.94. The van der Waals surface area contributed by atoms with Crippen molar-refractivity contribution in [2.45, 2.75) is 18.9 Å². The number of aromatic nitrogens is 5. The number of anilines is 1. The van der Waals surface area contributed by atoms with Crippen LogP contribution in [0.2, 0.25) is 0 Å². The fraction of sp³-hybridized carbons (Fsp3) is 0.375. The van der Waals surface area contributed by atoms with Crippen molar-refractivity contribution in [3.63, 3.8) is 0 Å². The summed E-state index contributed by atoms with van der Waals surface area (Å²) in [6.07, 6.45) is 2.15. The predicted octanol–water partition coefficient (Wildman–Crippen LogP) is 1.63. The van der Waals surface area contributed by atoms with Crippen molar-refractivity contribution in [1.29, 1.82) is 0 Å². The van der Waals surface area contributed by atoms with Crippen LogP contribution >= 0.6 is 0 Å². The topological polar surface area (TPSA) is 77.7 Å². The molecule has 8 heteroatoms. The SMILES string of the molecule is c1cc2c(c(C3CCCN3c3ccc4nnnn4n3)c1)OCCO2. The summed E-state index contributed by atoms with van der Waals surface area (Å²) in [7, 11) is 0. The Hall–Kier alpha value is -2.90. The van der Waals surface area contributed by atoms with Gasteiger partial charge in [0.15, 0.2) is 23.0 Å². The average Bonchev–Trinajstić information content (AvgIpc) is 3.29. The Morgan fingerprint density at radius 2 is 2.04 bits per heavy atom. The summed E-state index contributed by atoms with van der Waals surface area (Å²) in [5.41, 5.74) is 1.80. The summed E-state index contributed by atoms with van der Waals surface area (Å²) in [6.45, 7) is 2.13. The van der Waals surface area contributed by atoms with E-state index in [9.17, 15) is 0 Å². The van der Waals surface area contributed by atoms with Crippen molar-refractivity contribution in [1.82, 2.24) is 25.3 Å². The molecule has 2 aliphatic heterocycles. The maximum atomic E-state index is 5.90. The Labute approximate surface area is 138 Å². The van der Waals surface area contributed by atoms with Gasteiger partial charge in [-0.15, -0.1) is 14.8 Å². The highest BCUT2D eigenvalue weighted by Gasteiger charge is 2.31. The van der Waals surface area contributed by atoms with E-state index in [2.05, 4.69) is 31.6 Å². The third kappa shape index (κ3) is 2.06. The van der Waals surface area contributed by atoms with Gasteiger partial charge in [-0.3, -0.25) is 0 Å². The van der Waals surface area contributed by atoms with Gasteiger partial charge < -0.3 is 14.4 Å². The Balaban J connectivity index is 1.56. The molecule has 1 aromatic carbocycles. The first-order valence-corrected chi connectivity index (χ1v) is 8.11. The number of hydrogen-bond donors (Lipinski definition) is 0. The Morgan fingerprint density at radius 1 is 1.08 bits per heavy atom. The molecule has 5 rings (SSSR count). The molecule has 4 heterocycles. The number of tetrazole rings is 1. The zero-order valence-corrected chi connectivity index (χ0v) is 13.0. The standard InChI is InChI=1S/C16H16N6O2/c1-3-11(16-13(5-1)23-9-10-24-16)12-4-2-8-21(12)15-7-6-14-17-19-20-22(14)18-15/h1,3,5-7,12H,2,4,8-10H2. The number of nitrogens with zero attached hydrogens (tertiary/aromatic N) is 6. The van der Waals surface area contributed by atoms with Gasteiger partial charge in [0.05, 0.1) is 6.04 Å². The van der Waals surface area contributed by atoms with Crippen LogP contribution in [0.25, 0.3) is 5.65 Å². The first-order chi connectivity index (χ1) is 11.9. The normalized spacial score (nSPS) is 19.8. The fourth-order valence-electron chi connectivity index (χ4n) is 3.52. The second-order valence-corrected chi connectivity index (χ2v) is 5.94. The maximum Gasteiger partial charge on any atom is 0.200 e. The minimum atomic E-state index is 0.211. The summed E-state index contributed by atoms with van der Waals surface area (Å²) >= 11 is 0. The highest BCUT2D eigenvalue weighted by atomic mass is 16.6. The van der Waals surface area contributed by atoms with Crippen molar-refractivity contribution in [2.24, 2.45) is 0 Å². The zero-order valence-electron chi connectivity index (χ0n) is 13.0. The summed E-state index contributed by atoms with van der Waals surface area (Å²) in [5.74, 6) is 2.56. The third-order valence-corrected chi connectivity index (χ3v) is 4.56. The molecule has 0 saturated carbocycles. The lowest BCUT2D eigenvalue weighted by atomic mass is 10.0. The number of para-hydroxylation sites is 1. The summed E-state index contributed by atoms with van der Waals surface area (Å²) in [4.78, 5) is 2.29. The quantitative estimate of drug-likeness (QED) is 0.709. The molecule has 122 valence electrons. The second kappa shape index (κ2) is 5.33. The van der Waals surface area contributed by atoms with Crippen molar-refractivity contribution < 1.29 is 9.47 Å². The zero-order chi connectivity index (χ0) is 15.9. The van der Waals surface area contributed by atoms with E-state index < -0.39 is 0 Å². The molecular formula is C16H16N6O2. The van der Waals surface area contributed by atoms with Crippen LogP contribution in [0.5, 0.6) is 11.5 Å². The maximum absolute atomic E-state index is 5.90. The number of ether oxygens (including phenoxy) is 2. The van der Waals surface area contributed by atoms with Gasteiger partial charge in [-0.25, -0.2) is 0 Å². The molecule has 24 heavy (non-hydrogen) atoms. The van der Waals surface area contributed by atoms with Gasteiger partial charge in [0.2, 0.25) is 0 Å². The van der Waals surface area contributed by atoms with E-state index in [-0.39, 0.29) is 6.04 Å². The third-order valence-electron chi connectivity index (χ3n) is 4.56. The fourth-order valence-corrected chi connectivity index (χ4v) is 3.52. The lowest BCUT2D eigenvalue weighted by Gasteiger charge is -2.29. The van der Waals surface area contributed by atoms with Crippen LogP contribution in [0.4, 0.5) is 5.82 Å². The highest BCUT2D eigenvalue weighted by molar-refractivity contribution is 5.54. The molecule has 0 N–H and O–H groups in total. The van der Waals surface area contributed by atoms with E-state index in [4.69, 9.17) is 9.47 Å². The average molecular weight is 324 g/mol. The van der Waals surface area contributed by atoms with Crippen molar-refractivity contribution in [3.8, 4) is 11.5 Å². The number of hydrogen-bond acceptors (Lipinski definition) is 7. The van der Waals surface area contributed by atoms with Crippen molar-refractivity contribution in [3.05, 3.63) is 35.9 Å². The molecule has 0 aliphatic carbocycles. The van der Waals surface area contributed by atoms with E-state index in [1.165, 1.54) is 4.63 Å². The monoisotopic (exact) mass is 324 g/mol. The molecule has 0 spiro atoms. The lowest BCUT2D eigenvalue weighted by molar-refractivity contribution is 0.169. The summed E-state index contributed by atoms with van der Waals surface area (Å²) in [6, 6.07) is 10.2. The largest absolute Gasteiger partial charge is 0.486 e. The molecule has 0 bridgehead atoms. The van der Waals surface area contributed by atoms with Crippen LogP contribution in [0.3, 0.4) is 0 Å². The van der Waals surface area contributed by atoms with Crippen LogP contribution in [0.15, 0.2) is 30.3 Å². The smallest absolute Gasteiger partial charge is 0.200 e. The van der Waals surface area contributed by atoms with Crippen LogP contribution in [0.1, 0.15) is 24.4 Å². The molecule has 8 nitrogen and oxygen atoms in total. The van der Waals surface area contributed by atoms with Crippen molar-refractivity contribution >= 4 is 11.5 Å². The van der Waals surface area contributed by atoms with Crippen molar-refractivity contribution in [2.75, 3.05) is 24.7 Å². The summed E-state index contributed by atoms with van der Waals surface area (Å²) in [5, 5.41) is 16.0. The van der Waals surface area contributed by atoms with E-state index in [1.807, 2.05) is 24.3 Å². The summed E-state index contributed by atoms with van der Waals surface area (Å²) < 4.78 is 13.1. The number of fused-ring (bicyclic) bond motifs is 2. The minimum Gasteiger partial charge on any atom is -0.486 e. The Kier molecular flexibility index (Phi) is 3.00. The lowest BCUT2D eigenvalue weighted by Crippen LogP contribution is -2.26. The molecule has 1 unspecified atom stereocenters. The van der Waals surface area contributed by atoms with Crippen LogP contribution < -0.4 is 14.4 Å². The van der Waals surface area contributed by atoms with E-state index in [0.717, 1.165) is 42.3 Å². The van der Waals surface area contributed by atoms with Gasteiger partial charge in [0, 0.05) is 12.1 Å². The Bertz CT molecular complexity index is 895. The van der Waals surface area contributed by atoms with Gasteiger partial charge in [-0.1, -0.05) is 12.1 Å². The van der Waals surface area contributed by atoms with Gasteiger partial charge in [0.1, 0.15) is 13.2 Å². The molecular weight excluding hydrogens is 308 g/mol. The molecule has 0 radical (unpaired) electrons. The van der Waals surface area contributed by atoms with Crippen LogP contribution in [-0.2, 0) is 0 Å². The molecule has 1 atom stereocenters. The highest BCUT2D eigenvalue weighted by Crippen LogP contribution is 2.43. The van der Waals surface area contributed by atoms with Crippen LogP contribution in [0, 0.1) is 0 Å². The predicted molar refractivity (Wildman–Crippen MR) is 85.3 cm³/mol. The Morgan fingerprint density at radius 3 is 3.04 bits per heavy atom. The first kappa shape index (κ1) is 13.5. The van der Waals surface area contributed by atoms with E-state index in [0.29, 0.717) is 18.9 Å². The molecule has 2 aromatic heterocycles. The first-order valence-electron chi connectivity index (χ1n) is 8.11. The molecule has 0 amide bonds. The van der Waals surface area contributed by atoms with Gasteiger partial charge in [0.25, 0.3) is 0 Å². The van der Waals surface area contributed by atoms with Crippen LogP contribution in [-0.4, -0.2) is 45.0 Å². The molecule has 1 fully saturated rings. The molecule has 3 aromatic rings. The van der Waals surface area contributed by atoms with Gasteiger partial charge in [-0.05, 0) is 41.5 Å². The minimum absolute atomic E-state index is 0.211. The number of benzene rings is 1. The van der Waals surface area contributed by atoms with E-state index >= 15 is 0 Å². The molecule has 1 saturated heterocycles.